The van der Waals surface area contributed by atoms with Gasteiger partial charge in [-0.2, -0.15) is 0 Å². The van der Waals surface area contributed by atoms with Gasteiger partial charge >= 0.3 is 0 Å². The average Bonchev–Trinajstić information content (AvgIpc) is 2.47. The van der Waals surface area contributed by atoms with Crippen molar-refractivity contribution in [2.24, 2.45) is 7.05 Å². The van der Waals surface area contributed by atoms with Gasteiger partial charge in [-0.3, -0.25) is 4.79 Å². The Labute approximate surface area is 131 Å². The molecule has 0 aliphatic rings. The summed E-state index contributed by atoms with van der Waals surface area (Å²) in [5.74, 6) is 0.760. The van der Waals surface area contributed by atoms with E-state index in [1.807, 2.05) is 30.3 Å². The standard InChI is InChI=1S/C18H23NO3/c1-5-12-22-16-9-7-6-8-13(16)15-11-10-14(18(2,3)21)17(20)19(15)4/h6-11,21H,5,12H2,1-4H3. The van der Waals surface area contributed by atoms with Gasteiger partial charge in [-0.05, 0) is 44.5 Å². The van der Waals surface area contributed by atoms with E-state index in [0.717, 1.165) is 23.4 Å². The third-order valence-corrected chi connectivity index (χ3v) is 3.59. The lowest BCUT2D eigenvalue weighted by Gasteiger charge is -2.20. The second-order valence-corrected chi connectivity index (χ2v) is 5.90. The minimum atomic E-state index is -1.16. The molecule has 0 bridgehead atoms. The second kappa shape index (κ2) is 6.36. The van der Waals surface area contributed by atoms with Crippen molar-refractivity contribution in [2.75, 3.05) is 6.61 Å². The average molecular weight is 301 g/mol. The van der Waals surface area contributed by atoms with Crippen LogP contribution in [0.25, 0.3) is 11.3 Å². The highest BCUT2D eigenvalue weighted by Gasteiger charge is 2.22. The van der Waals surface area contributed by atoms with Gasteiger partial charge < -0.3 is 14.4 Å². The number of aromatic nitrogens is 1. The van der Waals surface area contributed by atoms with Crippen LogP contribution in [0, 0.1) is 0 Å². The Bertz CT molecular complexity index is 711. The molecule has 0 radical (unpaired) electrons. The van der Waals surface area contributed by atoms with Crippen molar-refractivity contribution in [3.05, 3.63) is 52.3 Å². The minimum Gasteiger partial charge on any atom is -0.493 e. The van der Waals surface area contributed by atoms with E-state index in [2.05, 4.69) is 6.92 Å². The predicted molar refractivity (Wildman–Crippen MR) is 88.1 cm³/mol. The SMILES string of the molecule is CCCOc1ccccc1-c1ccc(C(C)(C)O)c(=O)n1C. The van der Waals surface area contributed by atoms with Crippen molar-refractivity contribution in [3.8, 4) is 17.0 Å². The lowest BCUT2D eigenvalue weighted by atomic mass is 9.98. The van der Waals surface area contributed by atoms with E-state index in [9.17, 15) is 9.90 Å². The molecule has 1 aromatic carbocycles. The Morgan fingerprint density at radius 1 is 1.18 bits per heavy atom. The molecule has 1 N–H and O–H groups in total. The summed E-state index contributed by atoms with van der Waals surface area (Å²) in [6.45, 7) is 5.91. The van der Waals surface area contributed by atoms with Crippen LogP contribution in [0.15, 0.2) is 41.2 Å². The van der Waals surface area contributed by atoms with Gasteiger partial charge in [0, 0.05) is 18.2 Å². The fraction of sp³-hybridized carbons (Fsp3) is 0.389. The highest BCUT2D eigenvalue weighted by Crippen LogP contribution is 2.29. The van der Waals surface area contributed by atoms with Crippen LogP contribution >= 0.6 is 0 Å². The zero-order valence-corrected chi connectivity index (χ0v) is 13.6. The summed E-state index contributed by atoms with van der Waals surface area (Å²) in [7, 11) is 1.71. The van der Waals surface area contributed by atoms with Gasteiger partial charge in [-0.1, -0.05) is 19.1 Å². The summed E-state index contributed by atoms with van der Waals surface area (Å²) in [5.41, 5.74) is 0.662. The van der Waals surface area contributed by atoms with Crippen molar-refractivity contribution < 1.29 is 9.84 Å². The second-order valence-electron chi connectivity index (χ2n) is 5.90. The maximum atomic E-state index is 12.5. The molecule has 0 unspecified atom stereocenters. The Morgan fingerprint density at radius 3 is 2.50 bits per heavy atom. The molecule has 0 aliphatic heterocycles. The molecule has 4 nitrogen and oxygen atoms in total. The molecule has 1 aromatic heterocycles. The Hall–Kier alpha value is -2.07. The summed E-state index contributed by atoms with van der Waals surface area (Å²) in [4.78, 5) is 12.5. The number of ether oxygens (including phenoxy) is 1. The molecule has 0 aliphatic carbocycles. The van der Waals surface area contributed by atoms with E-state index in [4.69, 9.17) is 4.74 Å². The largest absolute Gasteiger partial charge is 0.493 e. The lowest BCUT2D eigenvalue weighted by Crippen LogP contribution is -2.31. The molecule has 1 heterocycles. The van der Waals surface area contributed by atoms with Crippen LogP contribution in [0.3, 0.4) is 0 Å². The van der Waals surface area contributed by atoms with E-state index >= 15 is 0 Å². The summed E-state index contributed by atoms with van der Waals surface area (Å²) in [6, 6.07) is 11.2. The van der Waals surface area contributed by atoms with Crippen LogP contribution in [0.2, 0.25) is 0 Å². The van der Waals surface area contributed by atoms with Gasteiger partial charge in [0.2, 0.25) is 0 Å². The molecule has 2 rings (SSSR count). The fourth-order valence-corrected chi connectivity index (χ4v) is 2.39. The Morgan fingerprint density at radius 2 is 1.86 bits per heavy atom. The zero-order valence-electron chi connectivity index (χ0n) is 13.6. The van der Waals surface area contributed by atoms with E-state index in [1.165, 1.54) is 0 Å². The van der Waals surface area contributed by atoms with Crippen LogP contribution in [0.4, 0.5) is 0 Å². The number of aliphatic hydroxyl groups is 1. The number of para-hydroxylation sites is 1. The highest BCUT2D eigenvalue weighted by atomic mass is 16.5. The quantitative estimate of drug-likeness (QED) is 0.923. The number of hydrogen-bond donors (Lipinski definition) is 1. The van der Waals surface area contributed by atoms with Gasteiger partial charge in [0.25, 0.3) is 5.56 Å². The molecule has 0 saturated heterocycles. The van der Waals surface area contributed by atoms with E-state index in [1.54, 1.807) is 31.5 Å². The molecule has 2 aromatic rings. The number of pyridine rings is 1. The van der Waals surface area contributed by atoms with Crippen molar-refractivity contribution in [2.45, 2.75) is 32.8 Å². The van der Waals surface area contributed by atoms with E-state index in [-0.39, 0.29) is 5.56 Å². The van der Waals surface area contributed by atoms with Gasteiger partial charge in [-0.25, -0.2) is 0 Å². The number of nitrogens with zero attached hydrogens (tertiary/aromatic N) is 1. The van der Waals surface area contributed by atoms with Crippen LogP contribution in [0.5, 0.6) is 5.75 Å². The van der Waals surface area contributed by atoms with E-state index < -0.39 is 5.60 Å². The normalized spacial score (nSPS) is 11.5. The molecule has 22 heavy (non-hydrogen) atoms. The first-order valence-electron chi connectivity index (χ1n) is 7.51. The molecular formula is C18H23NO3. The summed E-state index contributed by atoms with van der Waals surface area (Å²) in [6.07, 6.45) is 0.922. The van der Waals surface area contributed by atoms with Gasteiger partial charge in [-0.15, -0.1) is 0 Å². The molecule has 0 spiro atoms. The molecular weight excluding hydrogens is 278 g/mol. The fourth-order valence-electron chi connectivity index (χ4n) is 2.39. The molecule has 4 heteroatoms. The number of benzene rings is 1. The van der Waals surface area contributed by atoms with Crippen molar-refractivity contribution >= 4 is 0 Å². The molecule has 118 valence electrons. The predicted octanol–water partition coefficient (Wildman–Crippen LogP) is 3.07. The smallest absolute Gasteiger partial charge is 0.256 e. The first kappa shape index (κ1) is 16.3. The maximum absolute atomic E-state index is 12.5. The van der Waals surface area contributed by atoms with Crippen molar-refractivity contribution in [3.63, 3.8) is 0 Å². The Kier molecular flexibility index (Phi) is 4.71. The minimum absolute atomic E-state index is 0.199. The monoisotopic (exact) mass is 301 g/mol. The zero-order chi connectivity index (χ0) is 16.3. The number of rotatable bonds is 5. The first-order valence-corrected chi connectivity index (χ1v) is 7.51. The van der Waals surface area contributed by atoms with Crippen molar-refractivity contribution in [1.82, 2.24) is 4.57 Å². The highest BCUT2D eigenvalue weighted by molar-refractivity contribution is 5.67. The number of hydrogen-bond acceptors (Lipinski definition) is 3. The van der Waals surface area contributed by atoms with Gasteiger partial charge in [0.1, 0.15) is 5.75 Å². The summed E-state index contributed by atoms with van der Waals surface area (Å²) in [5, 5.41) is 10.1. The van der Waals surface area contributed by atoms with Gasteiger partial charge in [0.05, 0.1) is 17.9 Å². The lowest BCUT2D eigenvalue weighted by molar-refractivity contribution is 0.0766. The maximum Gasteiger partial charge on any atom is 0.256 e. The molecule has 0 fully saturated rings. The first-order chi connectivity index (χ1) is 10.4. The van der Waals surface area contributed by atoms with Crippen molar-refractivity contribution in [1.29, 1.82) is 0 Å². The summed E-state index contributed by atoms with van der Waals surface area (Å²) < 4.78 is 7.33. The topological polar surface area (TPSA) is 51.5 Å². The third kappa shape index (κ3) is 3.22. The molecule has 0 atom stereocenters. The van der Waals surface area contributed by atoms with Crippen LogP contribution in [-0.2, 0) is 12.6 Å². The van der Waals surface area contributed by atoms with E-state index in [0.29, 0.717) is 12.2 Å². The molecule has 0 amide bonds. The van der Waals surface area contributed by atoms with Crippen LogP contribution in [-0.4, -0.2) is 16.3 Å². The molecule has 0 saturated carbocycles. The van der Waals surface area contributed by atoms with Crippen LogP contribution in [0.1, 0.15) is 32.8 Å². The third-order valence-electron chi connectivity index (χ3n) is 3.59. The van der Waals surface area contributed by atoms with Crippen LogP contribution < -0.4 is 10.3 Å². The van der Waals surface area contributed by atoms with Gasteiger partial charge in [0.15, 0.2) is 0 Å². The summed E-state index contributed by atoms with van der Waals surface area (Å²) >= 11 is 0. The Balaban J connectivity index is 2.56.